The molecule has 0 saturated carbocycles. The van der Waals surface area contributed by atoms with Crippen LogP contribution in [0.25, 0.3) is 22.2 Å². The fraction of sp³-hybridized carbons (Fsp3) is 0.250. The molecular formula is C28H30ClN9O2. The summed E-state index contributed by atoms with van der Waals surface area (Å²) in [7, 11) is 0. The maximum Gasteiger partial charge on any atom is 0.294 e. The van der Waals surface area contributed by atoms with E-state index in [1.807, 2.05) is 53.3 Å². The number of benzene rings is 1. The summed E-state index contributed by atoms with van der Waals surface area (Å²) in [6.45, 7) is 2.39. The normalized spacial score (nSPS) is 13.0. The maximum absolute atomic E-state index is 13.5. The first-order valence-corrected chi connectivity index (χ1v) is 13.0. The maximum atomic E-state index is 13.5. The number of aromatic amines is 1. The minimum Gasteiger partial charge on any atom is -0.365 e. The molecular weight excluding hydrogens is 530 g/mol. The number of amides is 1. The van der Waals surface area contributed by atoms with Gasteiger partial charge < -0.3 is 20.9 Å². The van der Waals surface area contributed by atoms with Gasteiger partial charge in [0.25, 0.3) is 5.56 Å². The van der Waals surface area contributed by atoms with E-state index in [-0.39, 0.29) is 42.3 Å². The predicted octanol–water partition coefficient (Wildman–Crippen LogP) is 2.52. The van der Waals surface area contributed by atoms with Crippen molar-refractivity contribution in [3.63, 3.8) is 0 Å². The van der Waals surface area contributed by atoms with E-state index in [0.717, 1.165) is 47.2 Å². The van der Waals surface area contributed by atoms with Gasteiger partial charge in [-0.25, -0.2) is 4.98 Å². The highest BCUT2D eigenvalue weighted by molar-refractivity contribution is 5.85. The largest absolute Gasteiger partial charge is 0.365 e. The predicted molar refractivity (Wildman–Crippen MR) is 155 cm³/mol. The lowest BCUT2D eigenvalue weighted by molar-refractivity contribution is -0.121. The Morgan fingerprint density at radius 2 is 1.95 bits per heavy atom. The molecule has 0 radical (unpaired) electrons. The second-order valence-corrected chi connectivity index (χ2v) is 9.60. The van der Waals surface area contributed by atoms with E-state index in [1.54, 1.807) is 24.8 Å². The molecule has 1 aliphatic rings. The smallest absolute Gasteiger partial charge is 0.294 e. The number of rotatable bonds is 10. The second kappa shape index (κ2) is 12.1. The Balaban J connectivity index is 0.00000323. The molecule has 11 nitrogen and oxygen atoms in total. The summed E-state index contributed by atoms with van der Waals surface area (Å²) in [5.74, 6) is -0.0756. The zero-order chi connectivity index (χ0) is 26.6. The van der Waals surface area contributed by atoms with Crippen LogP contribution in [-0.4, -0.2) is 54.8 Å². The summed E-state index contributed by atoms with van der Waals surface area (Å²) in [4.78, 5) is 38.4. The molecule has 1 saturated heterocycles. The standard InChI is InChI=1S/C28H29N9O2.ClH/c38-26(32-13-22-10-20-11-29-8-7-24(20)35-22)18-36-25(21-12-34-37(17-21)23-14-30-15-23)16-33-27(28(36)39)31-9-6-19-4-2-1-3-5-19;/h1-5,7-8,10-12,16-17,23,30,35H,6,9,13-15,18H2,(H,31,33)(H,32,38);1H. The topological polar surface area (TPSA) is 135 Å². The van der Waals surface area contributed by atoms with E-state index in [9.17, 15) is 9.59 Å². The number of carbonyl (C=O) groups is 1. The van der Waals surface area contributed by atoms with Crippen molar-refractivity contribution in [2.75, 3.05) is 25.0 Å². The van der Waals surface area contributed by atoms with Crippen LogP contribution in [0.5, 0.6) is 0 Å². The van der Waals surface area contributed by atoms with Gasteiger partial charge in [-0.1, -0.05) is 30.3 Å². The van der Waals surface area contributed by atoms with Crippen molar-refractivity contribution in [1.82, 2.24) is 39.9 Å². The molecule has 4 aromatic heterocycles. The molecule has 0 aliphatic carbocycles. The lowest BCUT2D eigenvalue weighted by Gasteiger charge is -2.27. The van der Waals surface area contributed by atoms with Crippen molar-refractivity contribution >= 4 is 35.0 Å². The molecule has 4 N–H and O–H groups in total. The molecule has 5 heterocycles. The summed E-state index contributed by atoms with van der Waals surface area (Å²) in [6, 6.07) is 14.1. The first kappa shape index (κ1) is 27.1. The van der Waals surface area contributed by atoms with Crippen LogP contribution < -0.4 is 21.5 Å². The Morgan fingerprint density at radius 1 is 1.10 bits per heavy atom. The number of H-pyrrole nitrogens is 1. The van der Waals surface area contributed by atoms with Crippen molar-refractivity contribution in [2.45, 2.75) is 25.6 Å². The van der Waals surface area contributed by atoms with Crippen molar-refractivity contribution in [3.8, 4) is 11.3 Å². The number of aromatic nitrogens is 6. The molecule has 0 unspecified atom stereocenters. The van der Waals surface area contributed by atoms with Crippen molar-refractivity contribution in [2.24, 2.45) is 0 Å². The van der Waals surface area contributed by atoms with E-state index in [1.165, 1.54) is 4.57 Å². The van der Waals surface area contributed by atoms with Crippen molar-refractivity contribution in [3.05, 3.63) is 95.1 Å². The van der Waals surface area contributed by atoms with Crippen LogP contribution in [0.2, 0.25) is 0 Å². The van der Waals surface area contributed by atoms with Crippen LogP contribution in [0.4, 0.5) is 5.82 Å². The first-order valence-electron chi connectivity index (χ1n) is 13.0. The van der Waals surface area contributed by atoms with Gasteiger partial charge in [0, 0.05) is 60.4 Å². The molecule has 1 aromatic carbocycles. The number of hydrogen-bond acceptors (Lipinski definition) is 7. The van der Waals surface area contributed by atoms with Crippen molar-refractivity contribution < 1.29 is 4.79 Å². The summed E-state index contributed by atoms with van der Waals surface area (Å²) >= 11 is 0. The van der Waals surface area contributed by atoms with Gasteiger partial charge in [-0.3, -0.25) is 23.8 Å². The Labute approximate surface area is 236 Å². The summed E-state index contributed by atoms with van der Waals surface area (Å²) in [6.07, 6.45) is 9.47. The third-order valence-corrected chi connectivity index (χ3v) is 6.89. The molecule has 206 valence electrons. The van der Waals surface area contributed by atoms with E-state index in [2.05, 4.69) is 36.0 Å². The first-order chi connectivity index (χ1) is 19.1. The fourth-order valence-corrected chi connectivity index (χ4v) is 4.62. The number of fused-ring (bicyclic) bond motifs is 1. The van der Waals surface area contributed by atoms with E-state index >= 15 is 0 Å². The van der Waals surface area contributed by atoms with Crippen LogP contribution in [0.1, 0.15) is 17.3 Å². The molecule has 12 heteroatoms. The number of carbonyl (C=O) groups excluding carboxylic acids is 1. The number of anilines is 1. The molecule has 40 heavy (non-hydrogen) atoms. The molecule has 6 rings (SSSR count). The average Bonchev–Trinajstić information content (AvgIpc) is 3.56. The van der Waals surface area contributed by atoms with E-state index in [4.69, 9.17) is 0 Å². The Bertz CT molecular complexity index is 1620. The second-order valence-electron chi connectivity index (χ2n) is 9.60. The molecule has 0 spiro atoms. The Kier molecular flexibility index (Phi) is 8.23. The van der Waals surface area contributed by atoms with Gasteiger partial charge in [-0.15, -0.1) is 12.4 Å². The molecule has 1 fully saturated rings. The van der Waals surface area contributed by atoms with E-state index < -0.39 is 0 Å². The number of halogens is 1. The van der Waals surface area contributed by atoms with Crippen molar-refractivity contribution in [1.29, 1.82) is 0 Å². The third-order valence-electron chi connectivity index (χ3n) is 6.89. The quantitative estimate of drug-likeness (QED) is 0.206. The average molecular weight is 560 g/mol. The number of nitrogens with zero attached hydrogens (tertiary/aromatic N) is 5. The van der Waals surface area contributed by atoms with Crippen LogP contribution in [0, 0.1) is 0 Å². The van der Waals surface area contributed by atoms with Crippen LogP contribution in [-0.2, 0) is 24.3 Å². The lowest BCUT2D eigenvalue weighted by atomic mass is 10.1. The van der Waals surface area contributed by atoms with Gasteiger partial charge in [0.15, 0.2) is 5.82 Å². The number of nitrogens with one attached hydrogen (secondary N) is 4. The zero-order valence-corrected chi connectivity index (χ0v) is 22.5. The van der Waals surface area contributed by atoms with Gasteiger partial charge in [0.05, 0.1) is 30.7 Å². The van der Waals surface area contributed by atoms with Crippen LogP contribution in [0.3, 0.4) is 0 Å². The van der Waals surface area contributed by atoms with Crippen LogP contribution >= 0.6 is 12.4 Å². The van der Waals surface area contributed by atoms with Crippen LogP contribution in [0.15, 0.2) is 78.2 Å². The zero-order valence-electron chi connectivity index (χ0n) is 21.7. The highest BCUT2D eigenvalue weighted by Gasteiger charge is 2.21. The van der Waals surface area contributed by atoms with Gasteiger partial charge >= 0.3 is 0 Å². The summed E-state index contributed by atoms with van der Waals surface area (Å²) in [5.41, 5.74) is 3.88. The third kappa shape index (κ3) is 5.90. The Hall–Kier alpha value is -4.48. The number of hydrogen-bond donors (Lipinski definition) is 4. The highest BCUT2D eigenvalue weighted by Crippen LogP contribution is 2.21. The van der Waals surface area contributed by atoms with Gasteiger partial charge in [0.2, 0.25) is 5.91 Å². The van der Waals surface area contributed by atoms with Gasteiger partial charge in [0.1, 0.15) is 6.54 Å². The number of pyridine rings is 1. The molecule has 0 bridgehead atoms. The molecule has 1 aliphatic heterocycles. The SMILES string of the molecule is Cl.O=C(Cn1c(-c2cnn(C3CNC3)c2)cnc(NCCc2ccccc2)c1=O)NCc1cc2cnccc2[nH]1. The van der Waals surface area contributed by atoms with Gasteiger partial charge in [-0.2, -0.15) is 5.10 Å². The highest BCUT2D eigenvalue weighted by atomic mass is 35.5. The fourth-order valence-electron chi connectivity index (χ4n) is 4.62. The van der Waals surface area contributed by atoms with E-state index in [0.29, 0.717) is 18.8 Å². The minimum absolute atomic E-state index is 0. The molecule has 0 atom stereocenters. The summed E-state index contributed by atoms with van der Waals surface area (Å²) < 4.78 is 3.35. The molecule has 5 aromatic rings. The lowest BCUT2D eigenvalue weighted by Crippen LogP contribution is -2.43. The molecule has 1 amide bonds. The van der Waals surface area contributed by atoms with Gasteiger partial charge in [-0.05, 0) is 24.1 Å². The summed E-state index contributed by atoms with van der Waals surface area (Å²) in [5, 5.41) is 14.8. The Morgan fingerprint density at radius 3 is 2.73 bits per heavy atom. The monoisotopic (exact) mass is 559 g/mol. The minimum atomic E-state index is -0.356.